The van der Waals surface area contributed by atoms with E-state index in [4.69, 9.17) is 23.4 Å². The summed E-state index contributed by atoms with van der Waals surface area (Å²) in [5, 5.41) is 59.2. The highest BCUT2D eigenvalue weighted by Gasteiger charge is 2.45. The predicted octanol–water partition coefficient (Wildman–Crippen LogP) is 0.0671. The lowest BCUT2D eigenvalue weighted by Gasteiger charge is -2.39. The maximum absolute atomic E-state index is 12.9. The molecule has 0 radical (unpaired) electrons. The van der Waals surface area contributed by atoms with Crippen LogP contribution in [-0.4, -0.2) is 82.2 Å². The molecule has 12 heteroatoms. The SMILES string of the molecule is COc1cc(-c2oc3cc(O)cc(O)c3c(=O)c2OC)ccc1O[C@@H]1O[C@H](CO)[C@@H](O)[C@@H](O)[C@H]1O. The van der Waals surface area contributed by atoms with Crippen molar-refractivity contribution in [3.8, 4) is 40.1 Å². The van der Waals surface area contributed by atoms with Crippen LogP contribution in [0.2, 0.25) is 0 Å². The summed E-state index contributed by atoms with van der Waals surface area (Å²) in [5.74, 6) is -0.827. The zero-order chi connectivity index (χ0) is 25.4. The van der Waals surface area contributed by atoms with Crippen LogP contribution in [0.4, 0.5) is 0 Å². The summed E-state index contributed by atoms with van der Waals surface area (Å²) in [4.78, 5) is 12.9. The maximum atomic E-state index is 12.9. The normalized spacial score (nSPS) is 24.3. The Labute approximate surface area is 197 Å². The average Bonchev–Trinajstić information content (AvgIpc) is 2.83. The molecule has 1 aromatic heterocycles. The molecule has 0 spiro atoms. The van der Waals surface area contributed by atoms with Gasteiger partial charge in [-0.2, -0.15) is 0 Å². The molecule has 1 aliphatic rings. The number of aliphatic hydroxyl groups is 4. The zero-order valence-electron chi connectivity index (χ0n) is 18.6. The Morgan fingerprint density at radius 1 is 0.943 bits per heavy atom. The Kier molecular flexibility index (Phi) is 6.74. The molecule has 1 aliphatic heterocycles. The summed E-state index contributed by atoms with van der Waals surface area (Å²) in [7, 11) is 2.59. The quantitative estimate of drug-likeness (QED) is 0.272. The Bertz CT molecular complexity index is 1280. The number of benzene rings is 2. The third-order valence-electron chi connectivity index (χ3n) is 5.64. The van der Waals surface area contributed by atoms with E-state index in [1.54, 1.807) is 0 Å². The molecule has 2 aromatic carbocycles. The van der Waals surface area contributed by atoms with Gasteiger partial charge in [-0.15, -0.1) is 0 Å². The number of hydrogen-bond donors (Lipinski definition) is 6. The van der Waals surface area contributed by atoms with E-state index in [0.29, 0.717) is 5.56 Å². The Morgan fingerprint density at radius 2 is 1.69 bits per heavy atom. The second-order valence-electron chi connectivity index (χ2n) is 7.81. The molecule has 1 saturated heterocycles. The molecule has 0 bridgehead atoms. The molecule has 35 heavy (non-hydrogen) atoms. The van der Waals surface area contributed by atoms with Gasteiger partial charge in [-0.25, -0.2) is 0 Å². The lowest BCUT2D eigenvalue weighted by Crippen LogP contribution is -2.60. The summed E-state index contributed by atoms with van der Waals surface area (Å²) >= 11 is 0. The molecule has 2 heterocycles. The second kappa shape index (κ2) is 9.60. The van der Waals surface area contributed by atoms with Crippen LogP contribution in [-0.2, 0) is 4.74 Å². The van der Waals surface area contributed by atoms with Crippen LogP contribution in [0, 0.1) is 0 Å². The first-order valence-electron chi connectivity index (χ1n) is 10.4. The monoisotopic (exact) mass is 492 g/mol. The number of methoxy groups -OCH3 is 2. The van der Waals surface area contributed by atoms with Crippen molar-refractivity contribution < 1.29 is 54.0 Å². The summed E-state index contributed by atoms with van der Waals surface area (Å²) in [6.45, 7) is -0.618. The molecule has 6 N–H and O–H groups in total. The molecule has 1 fully saturated rings. The first kappa shape index (κ1) is 24.6. The van der Waals surface area contributed by atoms with Crippen LogP contribution >= 0.6 is 0 Å². The number of hydrogen-bond acceptors (Lipinski definition) is 12. The van der Waals surface area contributed by atoms with Crippen molar-refractivity contribution in [1.82, 2.24) is 0 Å². The fourth-order valence-electron chi connectivity index (χ4n) is 3.84. The Morgan fingerprint density at radius 3 is 2.34 bits per heavy atom. The predicted molar refractivity (Wildman–Crippen MR) is 119 cm³/mol. The summed E-state index contributed by atoms with van der Waals surface area (Å²) in [5.41, 5.74) is -0.438. The minimum atomic E-state index is -1.63. The van der Waals surface area contributed by atoms with Gasteiger partial charge >= 0.3 is 0 Å². The first-order chi connectivity index (χ1) is 16.7. The van der Waals surface area contributed by atoms with Crippen molar-refractivity contribution >= 4 is 11.0 Å². The molecular formula is C23H24O12. The van der Waals surface area contributed by atoms with E-state index in [1.165, 1.54) is 38.5 Å². The number of phenolic OH excluding ortho intramolecular Hbond substituents is 2. The highest BCUT2D eigenvalue weighted by atomic mass is 16.7. The molecule has 188 valence electrons. The standard InChI is InChI=1S/C23H24O12/c1-31-13-5-9(3-4-12(13)34-23-20(30)19(29)17(27)15(8-24)35-23)21-22(32-2)18(28)16-11(26)6-10(25)7-14(16)33-21/h3-7,15,17,19-20,23-27,29-30H,8H2,1-2H3/t15-,17-,19-,20-,23-/m1/s1. The van der Waals surface area contributed by atoms with Gasteiger partial charge < -0.3 is 54.0 Å². The molecule has 5 atom stereocenters. The second-order valence-corrected chi connectivity index (χ2v) is 7.81. The van der Waals surface area contributed by atoms with Crippen LogP contribution in [0.3, 0.4) is 0 Å². The third-order valence-corrected chi connectivity index (χ3v) is 5.64. The molecular weight excluding hydrogens is 468 g/mol. The lowest BCUT2D eigenvalue weighted by molar-refractivity contribution is -0.277. The zero-order valence-corrected chi connectivity index (χ0v) is 18.6. The molecule has 3 aromatic rings. The van der Waals surface area contributed by atoms with Gasteiger partial charge in [0.15, 0.2) is 17.3 Å². The van der Waals surface area contributed by atoms with Crippen molar-refractivity contribution in [2.24, 2.45) is 0 Å². The van der Waals surface area contributed by atoms with Gasteiger partial charge in [0.25, 0.3) is 0 Å². The molecule has 12 nitrogen and oxygen atoms in total. The van der Waals surface area contributed by atoms with E-state index in [9.17, 15) is 35.4 Å². The number of aromatic hydroxyl groups is 2. The lowest BCUT2D eigenvalue weighted by atomic mass is 9.99. The first-order valence-corrected chi connectivity index (χ1v) is 10.4. The van der Waals surface area contributed by atoms with Crippen molar-refractivity contribution in [2.45, 2.75) is 30.7 Å². The van der Waals surface area contributed by atoms with Crippen LogP contribution in [0.1, 0.15) is 0 Å². The maximum Gasteiger partial charge on any atom is 0.239 e. The largest absolute Gasteiger partial charge is 0.508 e. The number of rotatable bonds is 6. The van der Waals surface area contributed by atoms with Gasteiger partial charge in [-0.05, 0) is 18.2 Å². The number of aliphatic hydroxyl groups excluding tert-OH is 4. The highest BCUT2D eigenvalue weighted by Crippen LogP contribution is 2.39. The van der Waals surface area contributed by atoms with E-state index in [0.717, 1.165) is 6.07 Å². The van der Waals surface area contributed by atoms with Gasteiger partial charge in [0.2, 0.25) is 17.5 Å². The van der Waals surface area contributed by atoms with Crippen molar-refractivity contribution in [3.63, 3.8) is 0 Å². The van der Waals surface area contributed by atoms with E-state index < -0.39 is 48.5 Å². The van der Waals surface area contributed by atoms with Gasteiger partial charge in [0.1, 0.15) is 46.9 Å². The van der Waals surface area contributed by atoms with Crippen LogP contribution in [0.5, 0.6) is 28.7 Å². The number of phenols is 2. The fraction of sp³-hybridized carbons (Fsp3) is 0.348. The van der Waals surface area contributed by atoms with Gasteiger partial charge in [0.05, 0.1) is 20.8 Å². The van der Waals surface area contributed by atoms with E-state index in [2.05, 4.69) is 0 Å². The molecule has 0 unspecified atom stereocenters. The third kappa shape index (κ3) is 4.33. The molecule has 0 amide bonds. The fourth-order valence-corrected chi connectivity index (χ4v) is 3.84. The van der Waals surface area contributed by atoms with E-state index in [1.807, 2.05) is 0 Å². The van der Waals surface area contributed by atoms with Gasteiger partial charge in [-0.1, -0.05) is 0 Å². The summed E-state index contributed by atoms with van der Waals surface area (Å²) < 4.78 is 27.4. The Balaban J connectivity index is 1.74. The van der Waals surface area contributed by atoms with E-state index in [-0.39, 0.29) is 39.7 Å². The van der Waals surface area contributed by atoms with Crippen LogP contribution < -0.4 is 19.6 Å². The average molecular weight is 492 g/mol. The van der Waals surface area contributed by atoms with Gasteiger partial charge in [0, 0.05) is 17.7 Å². The summed E-state index contributed by atoms with van der Waals surface area (Å²) in [6, 6.07) is 6.52. The topological polar surface area (TPSA) is 189 Å². The minimum Gasteiger partial charge on any atom is -0.508 e. The smallest absolute Gasteiger partial charge is 0.239 e. The van der Waals surface area contributed by atoms with Crippen molar-refractivity contribution in [2.75, 3.05) is 20.8 Å². The van der Waals surface area contributed by atoms with Gasteiger partial charge in [-0.3, -0.25) is 4.79 Å². The highest BCUT2D eigenvalue weighted by molar-refractivity contribution is 5.88. The van der Waals surface area contributed by atoms with Crippen LogP contribution in [0.15, 0.2) is 39.5 Å². The molecule has 0 saturated carbocycles. The minimum absolute atomic E-state index is 0.0207. The molecule has 0 aliphatic carbocycles. The summed E-state index contributed by atoms with van der Waals surface area (Å²) in [6.07, 6.45) is -7.39. The number of ether oxygens (including phenoxy) is 4. The van der Waals surface area contributed by atoms with Crippen LogP contribution in [0.25, 0.3) is 22.3 Å². The van der Waals surface area contributed by atoms with Crippen molar-refractivity contribution in [3.05, 3.63) is 40.6 Å². The Hall–Kier alpha value is -3.55. The van der Waals surface area contributed by atoms with Crippen molar-refractivity contribution in [1.29, 1.82) is 0 Å². The number of fused-ring (bicyclic) bond motifs is 1. The van der Waals surface area contributed by atoms with E-state index >= 15 is 0 Å². The molecule has 4 rings (SSSR count).